The lowest BCUT2D eigenvalue weighted by atomic mass is 9.73. The van der Waals surface area contributed by atoms with E-state index < -0.39 is 30.4 Å². The predicted molar refractivity (Wildman–Crippen MR) is 274 cm³/mol. The number of hydrogen-bond acceptors (Lipinski definition) is 6. The highest BCUT2D eigenvalue weighted by atomic mass is 32.2. The van der Waals surface area contributed by atoms with Crippen LogP contribution in [0.2, 0.25) is 0 Å². The highest BCUT2D eigenvalue weighted by molar-refractivity contribution is 7.86. The SMILES string of the molecule is CCc1cc(S(=O)(=O)O)ccc1-c1ccc(-c2ccc(C)cc2)c(C2=CC=C(C3=C(c4ccc(S(=O)(=O)O)cc4)CCC(c4ccc(S(=O)(=O)O)cc4)=C3c3ccccc3)CC2)c1-c1ccccc1. The summed E-state index contributed by atoms with van der Waals surface area (Å²) >= 11 is 0. The number of allylic oxidation sites excluding steroid dienone is 8. The highest BCUT2D eigenvalue weighted by Crippen LogP contribution is 2.51. The summed E-state index contributed by atoms with van der Waals surface area (Å²) in [6.07, 6.45) is 7.15. The molecule has 0 amide bonds. The van der Waals surface area contributed by atoms with Crippen LogP contribution in [0.25, 0.3) is 55.7 Å². The normalized spacial score (nSPS) is 14.7. The standard InChI is InChI=1S/C57H48O9S3/c1-3-38-36-48(69(64,65)66)30-31-49(38)53-35-34-52(39-16-14-37(2)15-17-39)56(57(53)43-12-8-5-9-13-43)45-20-18-44(19-21-45)55-51(41-24-28-47(29-25-41)68(61,62)63)33-32-50(54(55)42-10-6-4-7-11-42)40-22-26-46(27-23-40)67(58,59)60/h4-18,20,22-31,34-36H,3,19,21,32-33H2,1-2H3,(H,58,59,60)(H,61,62,63)(H,64,65,66). The topological polar surface area (TPSA) is 163 Å². The molecular weight excluding hydrogens is 925 g/mol. The van der Waals surface area contributed by atoms with Gasteiger partial charge in [0, 0.05) is 0 Å². The first-order chi connectivity index (χ1) is 33.0. The van der Waals surface area contributed by atoms with Crippen LogP contribution in [-0.4, -0.2) is 38.9 Å². The van der Waals surface area contributed by atoms with Crippen molar-refractivity contribution in [1.29, 1.82) is 0 Å². The Bertz CT molecular complexity index is 3610. The van der Waals surface area contributed by atoms with E-state index in [1.165, 1.54) is 30.3 Å². The van der Waals surface area contributed by atoms with Gasteiger partial charge in [0.1, 0.15) is 0 Å². The molecule has 2 aliphatic rings. The Morgan fingerprint density at radius 3 is 1.36 bits per heavy atom. The molecule has 0 saturated heterocycles. The zero-order chi connectivity index (χ0) is 48.7. The lowest BCUT2D eigenvalue weighted by Crippen LogP contribution is -2.10. The fraction of sp³-hybridized carbons (Fsp3) is 0.123. The Balaban J connectivity index is 1.31. The van der Waals surface area contributed by atoms with E-state index in [1.807, 2.05) is 55.5 Å². The molecular formula is C57H48O9S3. The summed E-state index contributed by atoms with van der Waals surface area (Å²) in [5, 5.41) is 0. The van der Waals surface area contributed by atoms with Crippen molar-refractivity contribution in [3.63, 3.8) is 0 Å². The van der Waals surface area contributed by atoms with Crippen LogP contribution in [0.3, 0.4) is 0 Å². The third-order valence-corrected chi connectivity index (χ3v) is 15.6. The second kappa shape index (κ2) is 19.0. The number of benzene rings is 7. The summed E-state index contributed by atoms with van der Waals surface area (Å²) in [6, 6.07) is 50.0. The van der Waals surface area contributed by atoms with E-state index >= 15 is 0 Å². The molecule has 2 aliphatic carbocycles. The average Bonchev–Trinajstić information content (AvgIpc) is 3.35. The molecule has 348 valence electrons. The summed E-state index contributed by atoms with van der Waals surface area (Å²) in [5.41, 5.74) is 17.1. The van der Waals surface area contributed by atoms with Gasteiger partial charge in [-0.05, 0) is 170 Å². The molecule has 0 saturated carbocycles. The maximum atomic E-state index is 12.3. The van der Waals surface area contributed by atoms with Crippen molar-refractivity contribution in [1.82, 2.24) is 0 Å². The molecule has 0 spiro atoms. The fourth-order valence-electron chi connectivity index (χ4n) is 9.69. The van der Waals surface area contributed by atoms with Crippen molar-refractivity contribution in [2.75, 3.05) is 0 Å². The monoisotopic (exact) mass is 972 g/mol. The summed E-state index contributed by atoms with van der Waals surface area (Å²) < 4.78 is 103. The summed E-state index contributed by atoms with van der Waals surface area (Å²) in [6.45, 7) is 4.01. The Labute approximate surface area is 403 Å². The van der Waals surface area contributed by atoms with Crippen LogP contribution in [0.1, 0.15) is 66.0 Å². The highest BCUT2D eigenvalue weighted by Gasteiger charge is 2.30. The smallest absolute Gasteiger partial charge is 0.282 e. The second-order valence-electron chi connectivity index (χ2n) is 17.2. The molecule has 0 heterocycles. The lowest BCUT2D eigenvalue weighted by Gasteiger charge is -2.31. The number of rotatable bonds is 12. The van der Waals surface area contributed by atoms with Gasteiger partial charge in [-0.2, -0.15) is 25.3 Å². The molecule has 3 N–H and O–H groups in total. The maximum absolute atomic E-state index is 12.3. The average molecular weight is 973 g/mol. The summed E-state index contributed by atoms with van der Waals surface area (Å²) in [7, 11) is -13.3. The van der Waals surface area contributed by atoms with Gasteiger partial charge in [0.05, 0.1) is 14.7 Å². The van der Waals surface area contributed by atoms with Gasteiger partial charge in [0.25, 0.3) is 30.4 Å². The molecule has 7 aromatic rings. The van der Waals surface area contributed by atoms with Crippen LogP contribution < -0.4 is 0 Å². The van der Waals surface area contributed by atoms with E-state index in [0.717, 1.165) is 100 Å². The van der Waals surface area contributed by atoms with Crippen LogP contribution in [-0.2, 0) is 36.8 Å². The van der Waals surface area contributed by atoms with Crippen LogP contribution in [0.5, 0.6) is 0 Å². The molecule has 0 aliphatic heterocycles. The second-order valence-corrected chi connectivity index (χ2v) is 21.5. The van der Waals surface area contributed by atoms with Gasteiger partial charge in [-0.15, -0.1) is 0 Å². The van der Waals surface area contributed by atoms with Gasteiger partial charge < -0.3 is 0 Å². The van der Waals surface area contributed by atoms with Crippen molar-refractivity contribution >= 4 is 52.6 Å². The Hall–Kier alpha value is -6.77. The van der Waals surface area contributed by atoms with Gasteiger partial charge in [-0.25, -0.2) is 0 Å². The Morgan fingerprint density at radius 1 is 0.406 bits per heavy atom. The maximum Gasteiger partial charge on any atom is 0.294 e. The van der Waals surface area contributed by atoms with Gasteiger partial charge in [0.2, 0.25) is 0 Å². The molecule has 0 fully saturated rings. The third-order valence-electron chi connectivity index (χ3n) is 13.0. The summed E-state index contributed by atoms with van der Waals surface area (Å²) in [4.78, 5) is -0.591. The first kappa shape index (κ1) is 47.3. The molecule has 7 aromatic carbocycles. The molecule has 0 unspecified atom stereocenters. The minimum atomic E-state index is -4.45. The minimum absolute atomic E-state index is 0.165. The zero-order valence-electron chi connectivity index (χ0n) is 37.8. The van der Waals surface area contributed by atoms with Crippen molar-refractivity contribution in [2.45, 2.75) is 60.6 Å². The van der Waals surface area contributed by atoms with Gasteiger partial charge in [-0.3, -0.25) is 13.7 Å². The molecule has 69 heavy (non-hydrogen) atoms. The first-order valence-electron chi connectivity index (χ1n) is 22.5. The third kappa shape index (κ3) is 9.78. The Morgan fingerprint density at radius 2 is 0.855 bits per heavy atom. The number of aryl methyl sites for hydroxylation is 2. The van der Waals surface area contributed by atoms with Crippen LogP contribution in [0.15, 0.2) is 202 Å². The molecule has 0 aromatic heterocycles. The molecule has 0 bridgehead atoms. The van der Waals surface area contributed by atoms with Crippen LogP contribution in [0.4, 0.5) is 0 Å². The molecule has 0 atom stereocenters. The van der Waals surface area contributed by atoms with E-state index in [9.17, 15) is 38.9 Å². The van der Waals surface area contributed by atoms with Crippen LogP contribution in [0, 0.1) is 6.92 Å². The molecule has 9 rings (SSSR count). The van der Waals surface area contributed by atoms with E-state index in [2.05, 4.69) is 67.6 Å². The van der Waals surface area contributed by atoms with E-state index in [-0.39, 0.29) is 14.7 Å². The van der Waals surface area contributed by atoms with Crippen molar-refractivity contribution in [3.8, 4) is 33.4 Å². The minimum Gasteiger partial charge on any atom is -0.282 e. The van der Waals surface area contributed by atoms with Gasteiger partial charge in [-0.1, -0.05) is 152 Å². The van der Waals surface area contributed by atoms with Crippen molar-refractivity contribution in [3.05, 3.63) is 220 Å². The van der Waals surface area contributed by atoms with E-state index in [1.54, 1.807) is 36.4 Å². The van der Waals surface area contributed by atoms with E-state index in [4.69, 9.17) is 0 Å². The van der Waals surface area contributed by atoms with E-state index in [0.29, 0.717) is 32.1 Å². The van der Waals surface area contributed by atoms with Gasteiger partial charge in [0.15, 0.2) is 0 Å². The molecule has 0 radical (unpaired) electrons. The van der Waals surface area contributed by atoms with Gasteiger partial charge >= 0.3 is 0 Å². The lowest BCUT2D eigenvalue weighted by molar-refractivity contribution is 0.481. The fourth-order valence-corrected chi connectivity index (χ4v) is 11.2. The number of hydrogen-bond donors (Lipinski definition) is 3. The quantitative estimate of drug-likeness (QED) is 0.101. The van der Waals surface area contributed by atoms with Crippen molar-refractivity contribution < 1.29 is 38.9 Å². The van der Waals surface area contributed by atoms with Crippen molar-refractivity contribution in [2.24, 2.45) is 0 Å². The first-order valence-corrected chi connectivity index (χ1v) is 26.8. The molecule has 9 nitrogen and oxygen atoms in total. The van der Waals surface area contributed by atoms with Crippen LogP contribution >= 0.6 is 0 Å². The molecule has 12 heteroatoms. The zero-order valence-corrected chi connectivity index (χ0v) is 40.2. The Kier molecular flexibility index (Phi) is 13.0. The summed E-state index contributed by atoms with van der Waals surface area (Å²) in [5.74, 6) is 0. The largest absolute Gasteiger partial charge is 0.294 e. The predicted octanol–water partition coefficient (Wildman–Crippen LogP) is 13.3.